The quantitative estimate of drug-likeness (QED) is 0.808. The molecule has 1 aromatic rings. The van der Waals surface area contributed by atoms with Crippen molar-refractivity contribution >= 4 is 30.1 Å². The molecule has 4 nitrogen and oxygen atoms in total. The first kappa shape index (κ1) is 16.1. The molecule has 1 unspecified atom stereocenters. The second kappa shape index (κ2) is 8.24. The summed E-state index contributed by atoms with van der Waals surface area (Å²) < 4.78 is 18.2. The smallest absolute Gasteiger partial charge is 0.238 e. The molecule has 1 fully saturated rings. The third-order valence-corrected chi connectivity index (χ3v) is 3.44. The Morgan fingerprint density at radius 1 is 1.58 bits per heavy atom. The molecule has 2 N–H and O–H groups in total. The second-order valence-electron chi connectivity index (χ2n) is 3.87. The topological polar surface area (TPSA) is 50.4 Å². The number of rotatable bonds is 5. The van der Waals surface area contributed by atoms with E-state index < -0.39 is 0 Å². The molecule has 7 heteroatoms. The number of ether oxygens (including phenoxy) is 1. The molecule has 1 aromatic carbocycles. The average molecular weight is 307 g/mol. The molecule has 1 heterocycles. The first-order chi connectivity index (χ1) is 8.75. The maximum absolute atomic E-state index is 12.8. The van der Waals surface area contributed by atoms with Crippen LogP contribution in [0, 0.1) is 5.82 Å². The van der Waals surface area contributed by atoms with Gasteiger partial charge in [0.25, 0.3) is 0 Å². The molecule has 1 amide bonds. The molecule has 1 atom stereocenters. The molecule has 1 aliphatic heterocycles. The molecule has 0 spiro atoms. The molecule has 106 valence electrons. The standard InChI is InChI=1S/C12H15FN2O2S.ClH/c13-9-2-1-3-10(6-9)17-5-4-14-12(16)11-7-18-8-15-11;/h1-3,6,11,15H,4-5,7-8H2,(H,14,16);1H. The lowest BCUT2D eigenvalue weighted by molar-refractivity contribution is -0.122. The number of nitrogens with one attached hydrogen (secondary N) is 2. The third kappa shape index (κ3) is 5.26. The minimum absolute atomic E-state index is 0. The molecule has 0 radical (unpaired) electrons. The Bertz CT molecular complexity index is 416. The number of carbonyl (C=O) groups excluding carboxylic acids is 1. The molecular weight excluding hydrogens is 291 g/mol. The third-order valence-electron chi connectivity index (χ3n) is 2.50. The zero-order valence-electron chi connectivity index (χ0n) is 10.2. The van der Waals surface area contributed by atoms with Gasteiger partial charge in [-0.05, 0) is 12.1 Å². The van der Waals surface area contributed by atoms with Crippen LogP contribution in [0.1, 0.15) is 0 Å². The van der Waals surface area contributed by atoms with E-state index in [2.05, 4.69) is 10.6 Å². The van der Waals surface area contributed by atoms with E-state index in [0.29, 0.717) is 18.9 Å². The van der Waals surface area contributed by atoms with E-state index >= 15 is 0 Å². The molecule has 1 saturated heterocycles. The van der Waals surface area contributed by atoms with E-state index in [0.717, 1.165) is 11.6 Å². The van der Waals surface area contributed by atoms with Gasteiger partial charge in [-0.1, -0.05) is 6.07 Å². The molecule has 2 rings (SSSR count). The van der Waals surface area contributed by atoms with Crippen molar-refractivity contribution in [3.8, 4) is 5.75 Å². The Balaban J connectivity index is 0.00000180. The number of hydrogen-bond acceptors (Lipinski definition) is 4. The van der Waals surface area contributed by atoms with E-state index in [1.807, 2.05) is 0 Å². The molecule has 0 aromatic heterocycles. The van der Waals surface area contributed by atoms with Crippen molar-refractivity contribution in [2.24, 2.45) is 0 Å². The fourth-order valence-electron chi connectivity index (χ4n) is 1.59. The van der Waals surface area contributed by atoms with Crippen LogP contribution < -0.4 is 15.4 Å². The van der Waals surface area contributed by atoms with E-state index in [1.54, 1.807) is 23.9 Å². The highest BCUT2D eigenvalue weighted by molar-refractivity contribution is 7.99. The van der Waals surface area contributed by atoms with Gasteiger partial charge >= 0.3 is 0 Å². The first-order valence-electron chi connectivity index (χ1n) is 5.73. The summed E-state index contributed by atoms with van der Waals surface area (Å²) in [5.41, 5.74) is 0. The summed E-state index contributed by atoms with van der Waals surface area (Å²) in [6.45, 7) is 0.743. The number of thioether (sulfide) groups is 1. The van der Waals surface area contributed by atoms with Crippen LogP contribution in [-0.4, -0.2) is 36.7 Å². The van der Waals surface area contributed by atoms with Crippen LogP contribution >= 0.6 is 24.2 Å². The van der Waals surface area contributed by atoms with Crippen molar-refractivity contribution in [2.45, 2.75) is 6.04 Å². The van der Waals surface area contributed by atoms with Crippen molar-refractivity contribution in [1.82, 2.24) is 10.6 Å². The lowest BCUT2D eigenvalue weighted by atomic mass is 10.3. The SMILES string of the molecule is Cl.O=C(NCCOc1cccc(F)c1)C1CSCN1. The minimum Gasteiger partial charge on any atom is -0.492 e. The molecule has 1 aliphatic rings. The van der Waals surface area contributed by atoms with Gasteiger partial charge in [0.15, 0.2) is 0 Å². The fraction of sp³-hybridized carbons (Fsp3) is 0.417. The van der Waals surface area contributed by atoms with E-state index in [4.69, 9.17) is 4.74 Å². The normalized spacial score (nSPS) is 17.6. The van der Waals surface area contributed by atoms with Crippen LogP contribution in [0.4, 0.5) is 4.39 Å². The average Bonchev–Trinajstić information content (AvgIpc) is 2.88. The van der Waals surface area contributed by atoms with Gasteiger partial charge in [-0.15, -0.1) is 24.2 Å². The Kier molecular flexibility index (Phi) is 6.97. The summed E-state index contributed by atoms with van der Waals surface area (Å²) >= 11 is 1.70. The van der Waals surface area contributed by atoms with Gasteiger partial charge in [-0.2, -0.15) is 0 Å². The van der Waals surface area contributed by atoms with Crippen LogP contribution in [0.5, 0.6) is 5.75 Å². The number of benzene rings is 1. The zero-order chi connectivity index (χ0) is 12.8. The summed E-state index contributed by atoms with van der Waals surface area (Å²) in [4.78, 5) is 11.6. The van der Waals surface area contributed by atoms with Crippen LogP contribution in [-0.2, 0) is 4.79 Å². The van der Waals surface area contributed by atoms with Gasteiger partial charge in [0.2, 0.25) is 5.91 Å². The Labute approximate surface area is 121 Å². The monoisotopic (exact) mass is 306 g/mol. The number of hydrogen-bond donors (Lipinski definition) is 2. The number of amides is 1. The van der Waals surface area contributed by atoms with Gasteiger partial charge in [0.05, 0.1) is 12.6 Å². The highest BCUT2D eigenvalue weighted by Gasteiger charge is 2.21. The zero-order valence-corrected chi connectivity index (χ0v) is 11.9. The predicted molar refractivity (Wildman–Crippen MR) is 76.4 cm³/mol. The van der Waals surface area contributed by atoms with Crippen molar-refractivity contribution in [1.29, 1.82) is 0 Å². The first-order valence-corrected chi connectivity index (χ1v) is 6.88. The van der Waals surface area contributed by atoms with Gasteiger partial charge < -0.3 is 10.1 Å². The van der Waals surface area contributed by atoms with Gasteiger partial charge in [0.1, 0.15) is 18.2 Å². The van der Waals surface area contributed by atoms with E-state index in [1.165, 1.54) is 12.1 Å². The predicted octanol–water partition coefficient (Wildman–Crippen LogP) is 1.40. The Morgan fingerprint density at radius 2 is 2.42 bits per heavy atom. The van der Waals surface area contributed by atoms with E-state index in [9.17, 15) is 9.18 Å². The van der Waals surface area contributed by atoms with Crippen molar-refractivity contribution in [3.05, 3.63) is 30.1 Å². The van der Waals surface area contributed by atoms with Crippen LogP contribution in [0.3, 0.4) is 0 Å². The maximum atomic E-state index is 12.8. The van der Waals surface area contributed by atoms with Crippen LogP contribution in [0.15, 0.2) is 24.3 Å². The number of carbonyl (C=O) groups is 1. The molecular formula is C12H16ClFN2O2S. The molecule has 0 aliphatic carbocycles. The lowest BCUT2D eigenvalue weighted by Crippen LogP contribution is -2.43. The van der Waals surface area contributed by atoms with Gasteiger partial charge in [-0.3, -0.25) is 10.1 Å². The Hall–Kier alpha value is -0.980. The lowest BCUT2D eigenvalue weighted by Gasteiger charge is -2.11. The summed E-state index contributed by atoms with van der Waals surface area (Å²) in [7, 11) is 0. The number of halogens is 2. The van der Waals surface area contributed by atoms with E-state index in [-0.39, 0.29) is 30.2 Å². The van der Waals surface area contributed by atoms with Crippen molar-refractivity contribution in [2.75, 3.05) is 24.8 Å². The molecule has 19 heavy (non-hydrogen) atoms. The summed E-state index contributed by atoms with van der Waals surface area (Å²) in [5, 5.41) is 5.86. The maximum Gasteiger partial charge on any atom is 0.238 e. The summed E-state index contributed by atoms with van der Waals surface area (Å²) in [6, 6.07) is 5.84. The molecule has 0 bridgehead atoms. The highest BCUT2D eigenvalue weighted by Crippen LogP contribution is 2.11. The largest absolute Gasteiger partial charge is 0.492 e. The highest BCUT2D eigenvalue weighted by atomic mass is 35.5. The fourth-order valence-corrected chi connectivity index (χ4v) is 2.53. The molecule has 0 saturated carbocycles. The minimum atomic E-state index is -0.330. The van der Waals surface area contributed by atoms with Crippen molar-refractivity contribution < 1.29 is 13.9 Å². The van der Waals surface area contributed by atoms with Crippen LogP contribution in [0.25, 0.3) is 0 Å². The Morgan fingerprint density at radius 3 is 3.11 bits per heavy atom. The summed E-state index contributed by atoms with van der Waals surface area (Å²) in [5.74, 6) is 1.75. The van der Waals surface area contributed by atoms with Crippen molar-refractivity contribution in [3.63, 3.8) is 0 Å². The van der Waals surface area contributed by atoms with Crippen LogP contribution in [0.2, 0.25) is 0 Å². The summed E-state index contributed by atoms with van der Waals surface area (Å²) in [6.07, 6.45) is 0. The van der Waals surface area contributed by atoms with Gasteiger partial charge in [-0.25, -0.2) is 4.39 Å². The second-order valence-corrected chi connectivity index (χ2v) is 4.90. The van der Waals surface area contributed by atoms with Gasteiger partial charge in [0, 0.05) is 17.7 Å².